The van der Waals surface area contributed by atoms with E-state index in [1.165, 1.54) is 25.8 Å². The molecular formula is C10H22N2O2. The first-order valence-electron chi connectivity index (χ1n) is 5.55. The third kappa shape index (κ3) is 5.54. The van der Waals surface area contributed by atoms with Crippen molar-refractivity contribution in [2.24, 2.45) is 5.90 Å². The van der Waals surface area contributed by atoms with E-state index in [2.05, 4.69) is 9.74 Å². The molecule has 0 spiro atoms. The molecule has 0 radical (unpaired) electrons. The monoisotopic (exact) mass is 202 g/mol. The predicted molar refractivity (Wildman–Crippen MR) is 55.9 cm³/mol. The maximum absolute atomic E-state index is 5.29. The molecule has 1 rings (SSSR count). The number of ether oxygens (including phenoxy) is 1. The molecule has 0 aliphatic carbocycles. The summed E-state index contributed by atoms with van der Waals surface area (Å²) in [6.45, 7) is 5.92. The van der Waals surface area contributed by atoms with Gasteiger partial charge < -0.3 is 9.57 Å². The molecule has 2 N–H and O–H groups in total. The second-order valence-electron chi connectivity index (χ2n) is 3.74. The zero-order valence-electron chi connectivity index (χ0n) is 8.91. The molecule has 1 saturated heterocycles. The quantitative estimate of drug-likeness (QED) is 0.489. The summed E-state index contributed by atoms with van der Waals surface area (Å²) < 4.78 is 5.29. The van der Waals surface area contributed by atoms with Gasteiger partial charge in [-0.15, -0.1) is 0 Å². The topological polar surface area (TPSA) is 47.7 Å². The summed E-state index contributed by atoms with van der Waals surface area (Å²) in [6.07, 6.45) is 4.87. The third-order valence-corrected chi connectivity index (χ3v) is 2.59. The molecule has 0 aromatic carbocycles. The van der Waals surface area contributed by atoms with Crippen LogP contribution in [0.5, 0.6) is 0 Å². The maximum Gasteiger partial charge on any atom is 0.0679 e. The summed E-state index contributed by atoms with van der Waals surface area (Å²) in [5.74, 6) is 4.94. The largest absolute Gasteiger partial charge is 0.379 e. The van der Waals surface area contributed by atoms with E-state index in [9.17, 15) is 0 Å². The second kappa shape index (κ2) is 8.17. The van der Waals surface area contributed by atoms with Gasteiger partial charge in [0, 0.05) is 13.1 Å². The Labute approximate surface area is 86.3 Å². The molecule has 1 heterocycles. The highest BCUT2D eigenvalue weighted by molar-refractivity contribution is 4.61. The molecule has 84 valence electrons. The fourth-order valence-corrected chi connectivity index (χ4v) is 1.70. The lowest BCUT2D eigenvalue weighted by molar-refractivity contribution is 0.0370. The van der Waals surface area contributed by atoms with E-state index < -0.39 is 0 Å². The number of unbranched alkanes of at least 4 members (excludes halogenated alkanes) is 3. The third-order valence-electron chi connectivity index (χ3n) is 2.59. The molecule has 0 aromatic heterocycles. The van der Waals surface area contributed by atoms with Gasteiger partial charge in [-0.25, -0.2) is 5.90 Å². The molecule has 1 aliphatic heterocycles. The Morgan fingerprint density at radius 2 is 1.79 bits per heavy atom. The summed E-state index contributed by atoms with van der Waals surface area (Å²) >= 11 is 0. The van der Waals surface area contributed by atoms with Gasteiger partial charge >= 0.3 is 0 Å². The number of morpholine rings is 1. The van der Waals surface area contributed by atoms with Crippen LogP contribution in [0.15, 0.2) is 0 Å². The second-order valence-corrected chi connectivity index (χ2v) is 3.74. The van der Waals surface area contributed by atoms with Crippen molar-refractivity contribution in [1.29, 1.82) is 0 Å². The molecular weight excluding hydrogens is 180 g/mol. The summed E-state index contributed by atoms with van der Waals surface area (Å²) in [5.41, 5.74) is 0. The van der Waals surface area contributed by atoms with Crippen LogP contribution in [-0.4, -0.2) is 44.4 Å². The van der Waals surface area contributed by atoms with Gasteiger partial charge in [0.05, 0.1) is 19.8 Å². The highest BCUT2D eigenvalue weighted by Crippen LogP contribution is 2.03. The van der Waals surface area contributed by atoms with Crippen LogP contribution in [-0.2, 0) is 9.57 Å². The number of hydrogen-bond acceptors (Lipinski definition) is 4. The Morgan fingerprint density at radius 1 is 1.07 bits per heavy atom. The number of nitrogens with two attached hydrogens (primary N) is 1. The summed E-state index contributed by atoms with van der Waals surface area (Å²) in [5, 5.41) is 0. The molecule has 0 bridgehead atoms. The van der Waals surface area contributed by atoms with E-state index in [0.29, 0.717) is 6.61 Å². The van der Waals surface area contributed by atoms with Crippen LogP contribution in [0.4, 0.5) is 0 Å². The normalized spacial score (nSPS) is 18.6. The summed E-state index contributed by atoms with van der Waals surface area (Å²) in [6, 6.07) is 0. The van der Waals surface area contributed by atoms with Crippen molar-refractivity contribution in [2.45, 2.75) is 25.7 Å². The Balaban J connectivity index is 1.82. The van der Waals surface area contributed by atoms with Crippen LogP contribution < -0.4 is 5.90 Å². The van der Waals surface area contributed by atoms with Crippen LogP contribution >= 0.6 is 0 Å². The highest BCUT2D eigenvalue weighted by Gasteiger charge is 2.08. The molecule has 14 heavy (non-hydrogen) atoms. The van der Waals surface area contributed by atoms with Gasteiger partial charge in [-0.3, -0.25) is 4.90 Å². The van der Waals surface area contributed by atoms with Gasteiger partial charge in [0.15, 0.2) is 0 Å². The number of hydrogen-bond donors (Lipinski definition) is 1. The molecule has 1 fully saturated rings. The lowest BCUT2D eigenvalue weighted by Gasteiger charge is -2.26. The van der Waals surface area contributed by atoms with Crippen molar-refractivity contribution in [3.63, 3.8) is 0 Å². The molecule has 0 aromatic rings. The fourth-order valence-electron chi connectivity index (χ4n) is 1.70. The van der Waals surface area contributed by atoms with E-state index in [4.69, 9.17) is 10.6 Å². The molecule has 4 heteroatoms. The lowest BCUT2D eigenvalue weighted by Crippen LogP contribution is -2.36. The van der Waals surface area contributed by atoms with Crippen molar-refractivity contribution in [3.05, 3.63) is 0 Å². The fraction of sp³-hybridized carbons (Fsp3) is 1.00. The zero-order valence-corrected chi connectivity index (χ0v) is 8.91. The van der Waals surface area contributed by atoms with Crippen molar-refractivity contribution in [1.82, 2.24) is 4.90 Å². The van der Waals surface area contributed by atoms with E-state index >= 15 is 0 Å². The molecule has 0 atom stereocenters. The van der Waals surface area contributed by atoms with Crippen molar-refractivity contribution >= 4 is 0 Å². The molecule has 0 amide bonds. The van der Waals surface area contributed by atoms with Crippen LogP contribution in [0.25, 0.3) is 0 Å². The van der Waals surface area contributed by atoms with Gasteiger partial charge in [0.1, 0.15) is 0 Å². The van der Waals surface area contributed by atoms with Gasteiger partial charge in [-0.2, -0.15) is 0 Å². The minimum absolute atomic E-state index is 0.692. The van der Waals surface area contributed by atoms with Crippen LogP contribution in [0.3, 0.4) is 0 Å². The summed E-state index contributed by atoms with van der Waals surface area (Å²) in [7, 11) is 0. The Morgan fingerprint density at radius 3 is 2.50 bits per heavy atom. The average Bonchev–Trinajstić information content (AvgIpc) is 2.25. The Kier molecular flexibility index (Phi) is 6.95. The van der Waals surface area contributed by atoms with E-state index in [-0.39, 0.29) is 0 Å². The standard InChI is InChI=1S/C10H22N2O2/c11-14-8-4-2-1-3-5-12-6-9-13-10-7-12/h1-11H2. The highest BCUT2D eigenvalue weighted by atomic mass is 16.6. The Hall–Kier alpha value is -0.160. The molecule has 1 aliphatic rings. The molecule has 0 unspecified atom stereocenters. The van der Waals surface area contributed by atoms with Crippen molar-refractivity contribution in [2.75, 3.05) is 39.5 Å². The Bertz CT molecular complexity index is 127. The first kappa shape index (κ1) is 11.9. The SMILES string of the molecule is NOCCCCCCN1CCOCC1. The molecule has 0 saturated carbocycles. The smallest absolute Gasteiger partial charge is 0.0679 e. The van der Waals surface area contributed by atoms with E-state index in [1.807, 2.05) is 0 Å². The maximum atomic E-state index is 5.29. The van der Waals surface area contributed by atoms with Gasteiger partial charge in [-0.05, 0) is 19.4 Å². The lowest BCUT2D eigenvalue weighted by atomic mass is 10.2. The zero-order chi connectivity index (χ0) is 10.1. The van der Waals surface area contributed by atoms with E-state index in [1.54, 1.807) is 0 Å². The minimum Gasteiger partial charge on any atom is -0.379 e. The number of nitrogens with zero attached hydrogens (tertiary/aromatic N) is 1. The first-order valence-corrected chi connectivity index (χ1v) is 5.55. The van der Waals surface area contributed by atoms with Crippen molar-refractivity contribution < 1.29 is 9.57 Å². The number of rotatable bonds is 7. The minimum atomic E-state index is 0.692. The van der Waals surface area contributed by atoms with Gasteiger partial charge in [0.25, 0.3) is 0 Å². The van der Waals surface area contributed by atoms with Crippen LogP contribution in [0.2, 0.25) is 0 Å². The predicted octanol–water partition coefficient (Wildman–Crippen LogP) is 0.769. The van der Waals surface area contributed by atoms with Crippen LogP contribution in [0, 0.1) is 0 Å². The van der Waals surface area contributed by atoms with Gasteiger partial charge in [0.2, 0.25) is 0 Å². The van der Waals surface area contributed by atoms with Gasteiger partial charge in [-0.1, -0.05) is 12.8 Å². The molecule has 4 nitrogen and oxygen atoms in total. The first-order chi connectivity index (χ1) is 6.93. The van der Waals surface area contributed by atoms with E-state index in [0.717, 1.165) is 32.7 Å². The summed E-state index contributed by atoms with van der Waals surface area (Å²) in [4.78, 5) is 6.99. The average molecular weight is 202 g/mol. The van der Waals surface area contributed by atoms with Crippen molar-refractivity contribution in [3.8, 4) is 0 Å². The van der Waals surface area contributed by atoms with Crippen LogP contribution in [0.1, 0.15) is 25.7 Å².